The number of carbonyl (C=O) groups excluding carboxylic acids is 1. The maximum absolute atomic E-state index is 11.9. The molecule has 0 aromatic heterocycles. The van der Waals surface area contributed by atoms with Gasteiger partial charge in [0.05, 0.1) is 6.61 Å². The van der Waals surface area contributed by atoms with E-state index in [9.17, 15) is 9.90 Å². The van der Waals surface area contributed by atoms with Crippen molar-refractivity contribution in [2.45, 2.75) is 6.61 Å². The summed E-state index contributed by atoms with van der Waals surface area (Å²) in [6.07, 6.45) is 2.81. The summed E-state index contributed by atoms with van der Waals surface area (Å²) < 4.78 is 16.1. The van der Waals surface area contributed by atoms with Crippen LogP contribution in [0.1, 0.15) is 11.1 Å². The quantitative estimate of drug-likeness (QED) is 0.509. The summed E-state index contributed by atoms with van der Waals surface area (Å²) >= 11 is 0. The summed E-state index contributed by atoms with van der Waals surface area (Å²) in [7, 11) is 0. The zero-order chi connectivity index (χ0) is 16.9. The van der Waals surface area contributed by atoms with Gasteiger partial charge in [0.1, 0.15) is 24.7 Å². The molecule has 2 N–H and O–H groups in total. The molecule has 0 radical (unpaired) electrons. The SMILES string of the molecule is O=C(/C=C/c1ccc(O)c(CO)c1)Oc1ccc2c(c1)OCCO2. The summed E-state index contributed by atoms with van der Waals surface area (Å²) in [5, 5.41) is 18.6. The van der Waals surface area contributed by atoms with Crippen LogP contribution >= 0.6 is 0 Å². The Morgan fingerprint density at radius 2 is 1.92 bits per heavy atom. The lowest BCUT2D eigenvalue weighted by Crippen LogP contribution is -2.15. The van der Waals surface area contributed by atoms with Crippen LogP contribution in [0.5, 0.6) is 23.0 Å². The predicted octanol–water partition coefficient (Wildman–Crippen LogP) is 2.27. The molecule has 0 spiro atoms. The molecule has 6 heteroatoms. The van der Waals surface area contributed by atoms with Crippen LogP contribution in [0.2, 0.25) is 0 Å². The minimum atomic E-state index is -0.551. The zero-order valence-electron chi connectivity index (χ0n) is 12.8. The summed E-state index contributed by atoms with van der Waals surface area (Å²) in [5.74, 6) is 0.980. The number of aromatic hydroxyl groups is 1. The van der Waals surface area contributed by atoms with Gasteiger partial charge in [-0.1, -0.05) is 6.07 Å². The Kier molecular flexibility index (Phi) is 4.67. The van der Waals surface area contributed by atoms with Gasteiger partial charge in [0.25, 0.3) is 0 Å². The van der Waals surface area contributed by atoms with E-state index in [1.54, 1.807) is 36.4 Å². The summed E-state index contributed by atoms with van der Waals surface area (Å²) in [4.78, 5) is 11.9. The third kappa shape index (κ3) is 3.67. The fraction of sp³-hybridized carbons (Fsp3) is 0.167. The van der Waals surface area contributed by atoms with Crippen LogP contribution in [-0.4, -0.2) is 29.4 Å². The Labute approximate surface area is 138 Å². The number of phenols is 1. The summed E-state index contributed by atoms with van der Waals surface area (Å²) in [5.41, 5.74) is 1.05. The molecular weight excluding hydrogens is 312 g/mol. The molecule has 0 unspecified atom stereocenters. The Balaban J connectivity index is 1.67. The molecule has 0 fully saturated rings. The third-order valence-electron chi connectivity index (χ3n) is 3.42. The third-order valence-corrected chi connectivity index (χ3v) is 3.42. The number of aliphatic hydroxyl groups excluding tert-OH is 1. The lowest BCUT2D eigenvalue weighted by molar-refractivity contribution is -0.128. The van der Waals surface area contributed by atoms with Crippen molar-refractivity contribution in [3.8, 4) is 23.0 Å². The Morgan fingerprint density at radius 1 is 1.12 bits per heavy atom. The monoisotopic (exact) mass is 328 g/mol. The highest BCUT2D eigenvalue weighted by atomic mass is 16.6. The smallest absolute Gasteiger partial charge is 0.336 e. The lowest BCUT2D eigenvalue weighted by atomic mass is 10.1. The first-order valence-electron chi connectivity index (χ1n) is 7.38. The number of benzene rings is 2. The molecule has 1 aliphatic heterocycles. The lowest BCUT2D eigenvalue weighted by Gasteiger charge is -2.18. The maximum atomic E-state index is 11.9. The van der Waals surface area contributed by atoms with E-state index in [0.717, 1.165) is 0 Å². The average molecular weight is 328 g/mol. The highest BCUT2D eigenvalue weighted by Crippen LogP contribution is 2.33. The highest BCUT2D eigenvalue weighted by molar-refractivity contribution is 5.88. The van der Waals surface area contributed by atoms with Crippen molar-refractivity contribution in [2.75, 3.05) is 13.2 Å². The number of aliphatic hydroxyl groups is 1. The van der Waals surface area contributed by atoms with E-state index in [4.69, 9.17) is 19.3 Å². The highest BCUT2D eigenvalue weighted by Gasteiger charge is 2.13. The number of hydrogen-bond donors (Lipinski definition) is 2. The molecule has 1 aliphatic rings. The van der Waals surface area contributed by atoms with Crippen LogP contribution in [-0.2, 0) is 11.4 Å². The second kappa shape index (κ2) is 7.06. The molecule has 2 aromatic rings. The predicted molar refractivity (Wildman–Crippen MR) is 86.1 cm³/mol. The first-order chi connectivity index (χ1) is 11.7. The zero-order valence-corrected chi connectivity index (χ0v) is 12.8. The van der Waals surface area contributed by atoms with Crippen LogP contribution in [0.4, 0.5) is 0 Å². The fourth-order valence-corrected chi connectivity index (χ4v) is 2.24. The maximum Gasteiger partial charge on any atom is 0.336 e. The van der Waals surface area contributed by atoms with Gasteiger partial charge < -0.3 is 24.4 Å². The van der Waals surface area contributed by atoms with Crippen LogP contribution < -0.4 is 14.2 Å². The summed E-state index contributed by atoms with van der Waals surface area (Å²) in [6.45, 7) is 0.671. The molecule has 0 bridgehead atoms. The first kappa shape index (κ1) is 15.9. The Hall–Kier alpha value is -2.99. The van der Waals surface area contributed by atoms with Gasteiger partial charge in [0.15, 0.2) is 11.5 Å². The van der Waals surface area contributed by atoms with E-state index in [1.807, 2.05) is 0 Å². The molecule has 2 aromatic carbocycles. The second-order valence-corrected chi connectivity index (χ2v) is 5.11. The second-order valence-electron chi connectivity index (χ2n) is 5.11. The van der Waals surface area contributed by atoms with Crippen LogP contribution in [0, 0.1) is 0 Å². The molecule has 0 atom stereocenters. The normalized spacial score (nSPS) is 13.0. The van der Waals surface area contributed by atoms with Crippen LogP contribution in [0.15, 0.2) is 42.5 Å². The van der Waals surface area contributed by atoms with Crippen molar-refractivity contribution in [3.05, 3.63) is 53.6 Å². The van der Waals surface area contributed by atoms with Gasteiger partial charge in [-0.3, -0.25) is 0 Å². The largest absolute Gasteiger partial charge is 0.508 e. The van der Waals surface area contributed by atoms with Crippen molar-refractivity contribution in [3.63, 3.8) is 0 Å². The number of carbonyl (C=O) groups is 1. The van der Waals surface area contributed by atoms with Crippen molar-refractivity contribution in [1.82, 2.24) is 0 Å². The van der Waals surface area contributed by atoms with Gasteiger partial charge in [-0.25, -0.2) is 4.79 Å². The molecule has 1 heterocycles. The van der Waals surface area contributed by atoms with Gasteiger partial charge in [0.2, 0.25) is 0 Å². The van der Waals surface area contributed by atoms with Crippen LogP contribution in [0.25, 0.3) is 6.08 Å². The number of ether oxygens (including phenoxy) is 3. The first-order valence-corrected chi connectivity index (χ1v) is 7.38. The van der Waals surface area contributed by atoms with Crippen molar-refractivity contribution >= 4 is 12.0 Å². The molecule has 0 saturated heterocycles. The standard InChI is InChI=1S/C18H16O6/c19-11-13-9-12(1-4-15(13)20)2-6-18(21)24-14-3-5-16-17(10-14)23-8-7-22-16/h1-6,9-10,19-20H,7-8,11H2/b6-2+. The topological polar surface area (TPSA) is 85.2 Å². The summed E-state index contributed by atoms with van der Waals surface area (Å²) in [6, 6.07) is 9.59. The van der Waals surface area contributed by atoms with Crippen molar-refractivity contribution < 1.29 is 29.2 Å². The number of hydrogen-bond acceptors (Lipinski definition) is 6. The minimum absolute atomic E-state index is 0.00787. The molecular formula is C18H16O6. The van der Waals surface area contributed by atoms with E-state index < -0.39 is 5.97 Å². The van der Waals surface area contributed by atoms with Crippen molar-refractivity contribution in [1.29, 1.82) is 0 Å². The van der Waals surface area contributed by atoms with E-state index in [1.165, 1.54) is 12.1 Å². The van der Waals surface area contributed by atoms with Gasteiger partial charge in [-0.15, -0.1) is 0 Å². The number of fused-ring (bicyclic) bond motifs is 1. The molecule has 0 aliphatic carbocycles. The van der Waals surface area contributed by atoms with Gasteiger partial charge in [0, 0.05) is 17.7 Å². The number of esters is 1. The van der Waals surface area contributed by atoms with Gasteiger partial charge >= 0.3 is 5.97 Å². The fourth-order valence-electron chi connectivity index (χ4n) is 2.24. The van der Waals surface area contributed by atoms with E-state index in [0.29, 0.717) is 41.6 Å². The van der Waals surface area contributed by atoms with Gasteiger partial charge in [-0.2, -0.15) is 0 Å². The molecule has 0 saturated carbocycles. The van der Waals surface area contributed by atoms with E-state index >= 15 is 0 Å². The molecule has 3 rings (SSSR count). The molecule has 24 heavy (non-hydrogen) atoms. The number of rotatable bonds is 4. The van der Waals surface area contributed by atoms with Crippen LogP contribution in [0.3, 0.4) is 0 Å². The van der Waals surface area contributed by atoms with Gasteiger partial charge in [-0.05, 0) is 35.9 Å². The average Bonchev–Trinajstić information content (AvgIpc) is 2.61. The van der Waals surface area contributed by atoms with E-state index in [2.05, 4.69) is 0 Å². The Bertz CT molecular complexity index is 781. The molecule has 0 amide bonds. The molecule has 6 nitrogen and oxygen atoms in total. The minimum Gasteiger partial charge on any atom is -0.508 e. The van der Waals surface area contributed by atoms with E-state index in [-0.39, 0.29) is 12.4 Å². The van der Waals surface area contributed by atoms with Crippen molar-refractivity contribution in [2.24, 2.45) is 0 Å². The molecule has 124 valence electrons. The Morgan fingerprint density at radius 3 is 2.71 bits per heavy atom.